The molecule has 4 atom stereocenters. The summed E-state index contributed by atoms with van der Waals surface area (Å²) in [6, 6.07) is 27.7. The highest BCUT2D eigenvalue weighted by Crippen LogP contribution is 2.56. The van der Waals surface area contributed by atoms with Gasteiger partial charge in [0.15, 0.2) is 0 Å². The predicted molar refractivity (Wildman–Crippen MR) is 130 cm³/mol. The predicted octanol–water partition coefficient (Wildman–Crippen LogP) is 4.65. The molecule has 0 spiro atoms. The van der Waals surface area contributed by atoms with Gasteiger partial charge < -0.3 is 24.1 Å². The van der Waals surface area contributed by atoms with Gasteiger partial charge >= 0.3 is 0 Å². The molecule has 2 aliphatic rings. The first kappa shape index (κ1) is 22.8. The maximum absolute atomic E-state index is 12.2. The molecule has 2 saturated heterocycles. The molecule has 0 unspecified atom stereocenters. The van der Waals surface area contributed by atoms with Crippen LogP contribution < -0.4 is 4.74 Å². The zero-order valence-electron chi connectivity index (χ0n) is 19.1. The third kappa shape index (κ3) is 4.17. The number of fused-ring (bicyclic) bond motifs is 2. The standard InChI is InChI=1S/C29H30O5/c1-2-17-32-25-16-10-9-15-24(25)26-27-29(30,18-22-11-5-3-6-12-22)28(34-26,21-33-27)20-31-19-23-13-7-4-8-14-23/h2-16,26-27,30H,1,17-21H2/t26-,27-,28-,29-/m0/s1. The highest BCUT2D eigenvalue weighted by atomic mass is 16.7. The van der Waals surface area contributed by atoms with Gasteiger partial charge in [0, 0.05) is 12.0 Å². The summed E-state index contributed by atoms with van der Waals surface area (Å²) >= 11 is 0. The summed E-state index contributed by atoms with van der Waals surface area (Å²) in [5, 5.41) is 12.2. The molecule has 2 bridgehead atoms. The Kier molecular flexibility index (Phi) is 6.53. The molecule has 3 aromatic carbocycles. The zero-order valence-corrected chi connectivity index (χ0v) is 19.1. The summed E-state index contributed by atoms with van der Waals surface area (Å²) in [6.07, 6.45) is 1.07. The number of para-hydroxylation sites is 1. The Morgan fingerprint density at radius 2 is 1.62 bits per heavy atom. The molecule has 176 valence electrons. The quantitative estimate of drug-likeness (QED) is 0.448. The third-order valence-corrected chi connectivity index (χ3v) is 6.73. The second-order valence-corrected chi connectivity index (χ2v) is 8.97. The molecule has 0 saturated carbocycles. The van der Waals surface area contributed by atoms with E-state index in [9.17, 15) is 5.11 Å². The van der Waals surface area contributed by atoms with Crippen LogP contribution in [0.4, 0.5) is 0 Å². The Morgan fingerprint density at radius 1 is 0.941 bits per heavy atom. The SMILES string of the molecule is C=CCOc1ccccc1[C@@H]1O[C@@]2(COCc3ccccc3)CO[C@@H]1[C@@]2(O)Cc1ccccc1. The van der Waals surface area contributed by atoms with Crippen molar-refractivity contribution in [1.82, 2.24) is 0 Å². The van der Waals surface area contributed by atoms with E-state index >= 15 is 0 Å². The van der Waals surface area contributed by atoms with E-state index in [1.165, 1.54) is 0 Å². The first-order valence-electron chi connectivity index (χ1n) is 11.7. The molecule has 34 heavy (non-hydrogen) atoms. The van der Waals surface area contributed by atoms with Crippen molar-refractivity contribution in [2.45, 2.75) is 36.4 Å². The molecule has 2 fully saturated rings. The smallest absolute Gasteiger partial charge is 0.147 e. The van der Waals surface area contributed by atoms with E-state index in [0.717, 1.165) is 16.7 Å². The summed E-state index contributed by atoms with van der Waals surface area (Å²) < 4.78 is 24.9. The van der Waals surface area contributed by atoms with Crippen LogP contribution in [0.3, 0.4) is 0 Å². The normalized spacial score (nSPS) is 27.6. The lowest BCUT2D eigenvalue weighted by atomic mass is 9.78. The van der Waals surface area contributed by atoms with Crippen LogP contribution in [0.1, 0.15) is 22.8 Å². The van der Waals surface area contributed by atoms with Gasteiger partial charge in [-0.15, -0.1) is 0 Å². The molecule has 3 aromatic rings. The molecule has 5 heteroatoms. The Bertz CT molecular complexity index is 1100. The minimum absolute atomic E-state index is 0.216. The maximum atomic E-state index is 12.2. The van der Waals surface area contributed by atoms with Gasteiger partial charge in [-0.25, -0.2) is 0 Å². The van der Waals surface area contributed by atoms with Gasteiger partial charge in [-0.3, -0.25) is 0 Å². The Labute approximate surface area is 200 Å². The number of aliphatic hydroxyl groups is 1. The molecule has 5 nitrogen and oxygen atoms in total. The largest absolute Gasteiger partial charge is 0.489 e. The van der Waals surface area contributed by atoms with E-state index in [1.54, 1.807) is 6.08 Å². The van der Waals surface area contributed by atoms with Crippen molar-refractivity contribution in [3.05, 3.63) is 114 Å². The molecular formula is C29H30O5. The number of hydrogen-bond acceptors (Lipinski definition) is 5. The van der Waals surface area contributed by atoms with Gasteiger partial charge in [0.1, 0.15) is 35.8 Å². The molecule has 2 aliphatic heterocycles. The summed E-state index contributed by atoms with van der Waals surface area (Å²) in [6.45, 7) is 5.04. The van der Waals surface area contributed by atoms with Gasteiger partial charge in [0.2, 0.25) is 0 Å². The number of hydrogen-bond donors (Lipinski definition) is 1. The molecule has 0 radical (unpaired) electrons. The number of ether oxygens (including phenoxy) is 4. The lowest BCUT2D eigenvalue weighted by molar-refractivity contribution is -0.183. The van der Waals surface area contributed by atoms with Crippen molar-refractivity contribution < 1.29 is 24.1 Å². The summed E-state index contributed by atoms with van der Waals surface area (Å²) in [5.74, 6) is 0.700. The second kappa shape index (κ2) is 9.72. The van der Waals surface area contributed by atoms with Crippen LogP contribution in [-0.4, -0.2) is 42.2 Å². The van der Waals surface area contributed by atoms with Gasteiger partial charge in [-0.05, 0) is 17.2 Å². The van der Waals surface area contributed by atoms with Gasteiger partial charge in [0.25, 0.3) is 0 Å². The van der Waals surface area contributed by atoms with Gasteiger partial charge in [-0.2, -0.15) is 0 Å². The van der Waals surface area contributed by atoms with Crippen LogP contribution in [0.2, 0.25) is 0 Å². The topological polar surface area (TPSA) is 57.2 Å². The molecular weight excluding hydrogens is 428 g/mol. The number of rotatable bonds is 10. The third-order valence-electron chi connectivity index (χ3n) is 6.73. The van der Waals surface area contributed by atoms with Crippen molar-refractivity contribution in [2.24, 2.45) is 0 Å². The van der Waals surface area contributed by atoms with Crippen LogP contribution in [0.25, 0.3) is 0 Å². The minimum Gasteiger partial charge on any atom is -0.489 e. The van der Waals surface area contributed by atoms with Crippen LogP contribution in [0.15, 0.2) is 97.6 Å². The van der Waals surface area contributed by atoms with E-state index < -0.39 is 23.4 Å². The Hall–Kier alpha value is -2.96. The maximum Gasteiger partial charge on any atom is 0.147 e. The average Bonchev–Trinajstić information content (AvgIpc) is 3.27. The van der Waals surface area contributed by atoms with Gasteiger partial charge in [0.05, 0.1) is 19.8 Å². The molecule has 0 aromatic heterocycles. The van der Waals surface area contributed by atoms with Crippen LogP contribution in [-0.2, 0) is 27.2 Å². The summed E-state index contributed by atoms with van der Waals surface area (Å²) in [7, 11) is 0. The van der Waals surface area contributed by atoms with E-state index in [4.69, 9.17) is 18.9 Å². The van der Waals surface area contributed by atoms with E-state index in [1.807, 2.05) is 84.9 Å². The first-order valence-corrected chi connectivity index (χ1v) is 11.7. The molecule has 1 N–H and O–H groups in total. The fourth-order valence-corrected chi connectivity index (χ4v) is 5.02. The van der Waals surface area contributed by atoms with Crippen molar-refractivity contribution in [3.8, 4) is 5.75 Å². The lowest BCUT2D eigenvalue weighted by Gasteiger charge is -2.36. The van der Waals surface area contributed by atoms with Crippen molar-refractivity contribution in [3.63, 3.8) is 0 Å². The van der Waals surface area contributed by atoms with Crippen molar-refractivity contribution in [1.29, 1.82) is 0 Å². The van der Waals surface area contributed by atoms with Gasteiger partial charge in [-0.1, -0.05) is 91.5 Å². The fraction of sp³-hybridized carbons (Fsp3) is 0.310. The Balaban J connectivity index is 1.45. The molecule has 0 aliphatic carbocycles. The highest BCUT2D eigenvalue weighted by Gasteiger charge is 2.71. The summed E-state index contributed by atoms with van der Waals surface area (Å²) in [5.41, 5.74) is 0.678. The van der Waals surface area contributed by atoms with Crippen molar-refractivity contribution >= 4 is 0 Å². The van der Waals surface area contributed by atoms with E-state index in [0.29, 0.717) is 25.4 Å². The monoisotopic (exact) mass is 458 g/mol. The molecule has 5 rings (SSSR count). The molecule has 2 heterocycles. The van der Waals surface area contributed by atoms with E-state index in [-0.39, 0.29) is 13.2 Å². The van der Waals surface area contributed by atoms with Crippen LogP contribution >= 0.6 is 0 Å². The van der Waals surface area contributed by atoms with Crippen molar-refractivity contribution in [2.75, 3.05) is 19.8 Å². The summed E-state index contributed by atoms with van der Waals surface area (Å²) in [4.78, 5) is 0. The fourth-order valence-electron chi connectivity index (χ4n) is 5.02. The van der Waals surface area contributed by atoms with Crippen LogP contribution in [0, 0.1) is 0 Å². The lowest BCUT2D eigenvalue weighted by Crippen LogP contribution is -2.56. The second-order valence-electron chi connectivity index (χ2n) is 8.97. The zero-order chi connectivity index (χ0) is 23.4. The van der Waals surface area contributed by atoms with E-state index in [2.05, 4.69) is 6.58 Å². The first-order chi connectivity index (χ1) is 16.7. The molecule has 0 amide bonds. The Morgan fingerprint density at radius 3 is 2.35 bits per heavy atom. The average molecular weight is 459 g/mol. The highest BCUT2D eigenvalue weighted by molar-refractivity contribution is 5.40. The number of benzene rings is 3. The van der Waals surface area contributed by atoms with Crippen LogP contribution in [0.5, 0.6) is 5.75 Å². The minimum atomic E-state index is -1.26.